The van der Waals surface area contributed by atoms with Crippen LogP contribution in [0.15, 0.2) is 18.2 Å². The maximum absolute atomic E-state index is 11.2. The fourth-order valence-electron chi connectivity index (χ4n) is 2.30. The van der Waals surface area contributed by atoms with Gasteiger partial charge in [0.25, 0.3) is 0 Å². The molecule has 0 radical (unpaired) electrons. The molecule has 1 aromatic rings. The number of nitrogens with zero attached hydrogens (tertiary/aromatic N) is 1. The minimum atomic E-state index is -2.88. The lowest BCUT2D eigenvalue weighted by atomic mass is 10.2. The summed E-state index contributed by atoms with van der Waals surface area (Å²) >= 11 is 0. The number of hydrogen-bond donors (Lipinski definition) is 3. The van der Waals surface area contributed by atoms with E-state index in [1.165, 1.54) is 16.4 Å². The number of carboxylic acids is 1. The summed E-state index contributed by atoms with van der Waals surface area (Å²) in [6.07, 6.45) is 1.50. The fraction of sp³-hybridized carbons (Fsp3) is 0.500. The summed E-state index contributed by atoms with van der Waals surface area (Å²) < 4.78 is 27.4. The highest BCUT2D eigenvalue weighted by atomic mass is 32.3. The van der Waals surface area contributed by atoms with Gasteiger partial charge in [-0.2, -0.15) is 0 Å². The molecule has 0 aromatic heterocycles. The van der Waals surface area contributed by atoms with Gasteiger partial charge in [-0.3, -0.25) is 13.4 Å². The van der Waals surface area contributed by atoms with Gasteiger partial charge in [-0.1, -0.05) is 0 Å². The molecule has 0 saturated carbocycles. The molecule has 6 nitrogen and oxygen atoms in total. The summed E-state index contributed by atoms with van der Waals surface area (Å²) in [7, 11) is -2.88. The van der Waals surface area contributed by atoms with Crippen molar-refractivity contribution in [2.75, 3.05) is 16.6 Å². The van der Waals surface area contributed by atoms with Crippen LogP contribution in [0, 0.1) is 0 Å². The van der Waals surface area contributed by atoms with E-state index in [1.807, 2.05) is 13.8 Å². The normalized spacial score (nSPS) is 19.4. The summed E-state index contributed by atoms with van der Waals surface area (Å²) in [5, 5.41) is 9.20. The lowest BCUT2D eigenvalue weighted by molar-refractivity contribution is 0.0696. The number of benzene rings is 1. The van der Waals surface area contributed by atoms with Crippen LogP contribution in [0.25, 0.3) is 0 Å². The number of aromatic carboxylic acids is 1. The molecule has 1 aliphatic rings. The lowest BCUT2D eigenvalue weighted by Gasteiger charge is -2.47. The van der Waals surface area contributed by atoms with Crippen LogP contribution < -0.4 is 9.04 Å². The SMILES string of the molecule is CC(C)Oc1cc(C(=O)O)cc(N2CCCCS2(O)O)c1. The molecule has 1 aromatic carbocycles. The average Bonchev–Trinajstić information content (AvgIpc) is 2.36. The molecule has 7 heteroatoms. The Morgan fingerprint density at radius 1 is 1.29 bits per heavy atom. The van der Waals surface area contributed by atoms with E-state index < -0.39 is 16.7 Å². The fourth-order valence-corrected chi connectivity index (χ4v) is 3.97. The molecular formula is C14H21NO5S. The molecular weight excluding hydrogens is 294 g/mol. The maximum atomic E-state index is 11.2. The van der Waals surface area contributed by atoms with Gasteiger partial charge in [0.15, 0.2) is 0 Å². The van der Waals surface area contributed by atoms with Crippen LogP contribution in [0.4, 0.5) is 5.69 Å². The molecule has 1 aliphatic heterocycles. The van der Waals surface area contributed by atoms with Crippen LogP contribution in [0.1, 0.15) is 37.0 Å². The number of hydrogen-bond acceptors (Lipinski definition) is 5. The first-order chi connectivity index (χ1) is 9.79. The number of ether oxygens (including phenoxy) is 1. The minimum Gasteiger partial charge on any atom is -0.491 e. The molecule has 0 aliphatic carbocycles. The van der Waals surface area contributed by atoms with E-state index in [2.05, 4.69) is 0 Å². The first-order valence-electron chi connectivity index (χ1n) is 6.88. The van der Waals surface area contributed by atoms with Gasteiger partial charge in [0.1, 0.15) is 5.75 Å². The molecule has 0 amide bonds. The van der Waals surface area contributed by atoms with Gasteiger partial charge in [-0.15, -0.1) is 10.8 Å². The molecule has 0 unspecified atom stereocenters. The van der Waals surface area contributed by atoms with Crippen molar-refractivity contribution < 1.29 is 23.7 Å². The minimum absolute atomic E-state index is 0.0731. The molecule has 0 atom stereocenters. The number of rotatable bonds is 4. The Morgan fingerprint density at radius 3 is 2.57 bits per heavy atom. The molecule has 0 spiro atoms. The van der Waals surface area contributed by atoms with Crippen LogP contribution in [0.3, 0.4) is 0 Å². The Kier molecular flexibility index (Phi) is 4.65. The van der Waals surface area contributed by atoms with Crippen molar-refractivity contribution in [3.63, 3.8) is 0 Å². The van der Waals surface area contributed by atoms with Crippen molar-refractivity contribution >= 4 is 22.4 Å². The van der Waals surface area contributed by atoms with Crippen LogP contribution in [0.5, 0.6) is 5.75 Å². The van der Waals surface area contributed by atoms with Crippen molar-refractivity contribution in [1.29, 1.82) is 0 Å². The first kappa shape index (κ1) is 15.9. The van der Waals surface area contributed by atoms with Gasteiger partial charge in [0.2, 0.25) is 0 Å². The van der Waals surface area contributed by atoms with Crippen LogP contribution >= 0.6 is 10.8 Å². The Bertz CT molecular complexity index is 532. The largest absolute Gasteiger partial charge is 0.491 e. The number of anilines is 1. The summed E-state index contributed by atoms with van der Waals surface area (Å²) in [6.45, 7) is 4.19. The van der Waals surface area contributed by atoms with E-state index in [4.69, 9.17) is 4.74 Å². The molecule has 3 N–H and O–H groups in total. The van der Waals surface area contributed by atoms with Crippen LogP contribution in [-0.4, -0.2) is 38.6 Å². The van der Waals surface area contributed by atoms with Crippen molar-refractivity contribution in [1.82, 2.24) is 0 Å². The van der Waals surface area contributed by atoms with E-state index in [9.17, 15) is 19.0 Å². The van der Waals surface area contributed by atoms with E-state index in [0.29, 0.717) is 23.7 Å². The van der Waals surface area contributed by atoms with Gasteiger partial charge in [-0.25, -0.2) is 4.79 Å². The Hall–Kier alpha value is -1.44. The van der Waals surface area contributed by atoms with E-state index in [1.54, 1.807) is 6.07 Å². The van der Waals surface area contributed by atoms with Gasteiger partial charge < -0.3 is 9.84 Å². The molecule has 1 fully saturated rings. The first-order valence-corrected chi connectivity index (χ1v) is 8.55. The monoisotopic (exact) mass is 315 g/mol. The van der Waals surface area contributed by atoms with E-state index in [0.717, 1.165) is 12.8 Å². The summed E-state index contributed by atoms with van der Waals surface area (Å²) in [4.78, 5) is 11.2. The second-order valence-electron chi connectivity index (χ2n) is 5.33. The zero-order valence-corrected chi connectivity index (χ0v) is 13.0. The predicted octanol–water partition coefficient (Wildman–Crippen LogP) is 3.44. The molecule has 2 rings (SSSR count). The molecule has 118 valence electrons. The summed E-state index contributed by atoms with van der Waals surface area (Å²) in [6, 6.07) is 4.56. The third-order valence-electron chi connectivity index (χ3n) is 3.18. The highest BCUT2D eigenvalue weighted by Crippen LogP contribution is 2.50. The number of carbonyl (C=O) groups is 1. The molecule has 21 heavy (non-hydrogen) atoms. The second kappa shape index (κ2) is 6.13. The average molecular weight is 315 g/mol. The van der Waals surface area contributed by atoms with Gasteiger partial charge >= 0.3 is 5.97 Å². The van der Waals surface area contributed by atoms with Crippen LogP contribution in [0.2, 0.25) is 0 Å². The Balaban J connectivity index is 2.41. The Labute approximate surface area is 125 Å². The number of carboxylic acid groups (broad SMARTS) is 1. The van der Waals surface area contributed by atoms with Crippen LogP contribution in [-0.2, 0) is 0 Å². The van der Waals surface area contributed by atoms with Crippen molar-refractivity contribution in [2.45, 2.75) is 32.8 Å². The van der Waals surface area contributed by atoms with Crippen molar-refractivity contribution in [3.05, 3.63) is 23.8 Å². The zero-order chi connectivity index (χ0) is 15.6. The van der Waals surface area contributed by atoms with Gasteiger partial charge in [-0.05, 0) is 38.8 Å². The summed E-state index contributed by atoms with van der Waals surface area (Å²) in [5.74, 6) is -0.343. The highest BCUT2D eigenvalue weighted by Gasteiger charge is 2.27. The standard InChI is InChI=1S/C14H21NO5S/c1-10(2)20-13-8-11(14(16)17)7-12(9-13)15-5-3-4-6-21(15,18)19/h7-10,18-19H,3-6H2,1-2H3,(H,16,17). The summed E-state index contributed by atoms with van der Waals surface area (Å²) in [5.41, 5.74) is 0.550. The molecule has 1 saturated heterocycles. The molecule has 1 heterocycles. The lowest BCUT2D eigenvalue weighted by Crippen LogP contribution is -2.34. The highest BCUT2D eigenvalue weighted by molar-refractivity contribution is 8.25. The topological polar surface area (TPSA) is 90.2 Å². The third kappa shape index (κ3) is 3.81. The van der Waals surface area contributed by atoms with E-state index >= 15 is 0 Å². The smallest absolute Gasteiger partial charge is 0.335 e. The van der Waals surface area contributed by atoms with Crippen molar-refractivity contribution in [2.24, 2.45) is 0 Å². The zero-order valence-electron chi connectivity index (χ0n) is 12.2. The molecule has 0 bridgehead atoms. The predicted molar refractivity (Wildman–Crippen MR) is 83.5 cm³/mol. The van der Waals surface area contributed by atoms with Gasteiger partial charge in [0.05, 0.1) is 23.1 Å². The van der Waals surface area contributed by atoms with E-state index in [-0.39, 0.29) is 11.7 Å². The van der Waals surface area contributed by atoms with Gasteiger partial charge in [0, 0.05) is 12.6 Å². The second-order valence-corrected chi connectivity index (χ2v) is 7.45. The third-order valence-corrected chi connectivity index (χ3v) is 5.12. The quantitative estimate of drug-likeness (QED) is 0.788. The Morgan fingerprint density at radius 2 is 2.00 bits per heavy atom. The van der Waals surface area contributed by atoms with Crippen molar-refractivity contribution in [3.8, 4) is 5.75 Å². The maximum Gasteiger partial charge on any atom is 0.335 e.